The highest BCUT2D eigenvalue weighted by Gasteiger charge is 2.12. The third-order valence-corrected chi connectivity index (χ3v) is 4.31. The van der Waals surface area contributed by atoms with Crippen LogP contribution in [0.5, 0.6) is 5.75 Å². The number of benzene rings is 3. The Hall–Kier alpha value is -4.40. The molecule has 0 unspecified atom stereocenters. The monoisotopic (exact) mass is 434 g/mol. The molecule has 164 valence electrons. The lowest BCUT2D eigenvalue weighted by Gasteiger charge is -2.10. The minimum Gasteiger partial charge on any atom is -0.484 e. The summed E-state index contributed by atoms with van der Waals surface area (Å²) in [6, 6.07) is 22.0. The van der Waals surface area contributed by atoms with Crippen LogP contribution in [0.1, 0.15) is 6.42 Å². The smallest absolute Gasteiger partial charge is 0.292 e. The first-order valence-electron chi connectivity index (χ1n) is 9.86. The van der Waals surface area contributed by atoms with Gasteiger partial charge in [0.25, 0.3) is 11.6 Å². The highest BCUT2D eigenvalue weighted by molar-refractivity contribution is 5.92. The Labute approximate surface area is 184 Å². The number of nitrogens with zero attached hydrogens (tertiary/aromatic N) is 1. The molecular weight excluding hydrogens is 412 g/mol. The largest absolute Gasteiger partial charge is 0.484 e. The number of carbonyl (C=O) groups is 2. The molecule has 0 aliphatic heterocycles. The molecule has 3 aromatic rings. The van der Waals surface area contributed by atoms with Crippen molar-refractivity contribution < 1.29 is 19.2 Å². The highest BCUT2D eigenvalue weighted by atomic mass is 16.6. The van der Waals surface area contributed by atoms with Crippen molar-refractivity contribution in [1.82, 2.24) is 0 Å². The molecule has 0 fully saturated rings. The molecule has 0 aliphatic carbocycles. The Balaban J connectivity index is 1.45. The molecule has 9 nitrogen and oxygen atoms in total. The quantitative estimate of drug-likeness (QED) is 0.327. The first-order chi connectivity index (χ1) is 15.5. The van der Waals surface area contributed by atoms with Crippen molar-refractivity contribution in [1.29, 1.82) is 0 Å². The van der Waals surface area contributed by atoms with Crippen LogP contribution in [0, 0.1) is 10.1 Å². The van der Waals surface area contributed by atoms with Crippen LogP contribution in [0.25, 0.3) is 0 Å². The lowest BCUT2D eigenvalue weighted by Crippen LogP contribution is -2.20. The van der Waals surface area contributed by atoms with Crippen LogP contribution in [-0.2, 0) is 9.59 Å². The molecule has 0 radical (unpaired) electrons. The summed E-state index contributed by atoms with van der Waals surface area (Å²) in [5.41, 5.74) is 1.50. The van der Waals surface area contributed by atoms with Crippen molar-refractivity contribution >= 4 is 34.6 Å². The fourth-order valence-corrected chi connectivity index (χ4v) is 2.85. The number of para-hydroxylation sites is 3. The van der Waals surface area contributed by atoms with Crippen LogP contribution >= 0.6 is 0 Å². The number of nitro groups is 1. The van der Waals surface area contributed by atoms with Gasteiger partial charge in [-0.3, -0.25) is 19.7 Å². The number of nitro benzene ring substituents is 1. The lowest BCUT2D eigenvalue weighted by atomic mass is 10.2. The van der Waals surface area contributed by atoms with Crippen molar-refractivity contribution in [3.05, 3.63) is 89.0 Å². The summed E-state index contributed by atoms with van der Waals surface area (Å²) >= 11 is 0. The number of amides is 2. The van der Waals surface area contributed by atoms with Crippen molar-refractivity contribution in [2.24, 2.45) is 0 Å². The molecule has 3 N–H and O–H groups in total. The number of carbonyl (C=O) groups excluding carboxylic acids is 2. The third kappa shape index (κ3) is 6.84. The normalized spacial score (nSPS) is 10.1. The van der Waals surface area contributed by atoms with Crippen LogP contribution in [0.2, 0.25) is 0 Å². The average molecular weight is 434 g/mol. The second kappa shape index (κ2) is 11.1. The third-order valence-electron chi connectivity index (χ3n) is 4.31. The first kappa shape index (κ1) is 22.3. The Morgan fingerprint density at radius 3 is 2.31 bits per heavy atom. The van der Waals surface area contributed by atoms with Gasteiger partial charge in [-0.25, -0.2) is 0 Å². The van der Waals surface area contributed by atoms with E-state index in [1.54, 1.807) is 54.6 Å². The average Bonchev–Trinajstić information content (AvgIpc) is 2.79. The summed E-state index contributed by atoms with van der Waals surface area (Å²) in [5, 5.41) is 19.4. The van der Waals surface area contributed by atoms with E-state index in [2.05, 4.69) is 16.0 Å². The number of ether oxygens (including phenoxy) is 1. The summed E-state index contributed by atoms with van der Waals surface area (Å²) in [6.07, 6.45) is 0.108. The van der Waals surface area contributed by atoms with Gasteiger partial charge in [0.15, 0.2) is 6.61 Å². The molecule has 0 atom stereocenters. The summed E-state index contributed by atoms with van der Waals surface area (Å²) in [7, 11) is 0. The number of hydrogen-bond acceptors (Lipinski definition) is 6. The van der Waals surface area contributed by atoms with Crippen LogP contribution in [0.3, 0.4) is 0 Å². The molecule has 3 rings (SSSR count). The summed E-state index contributed by atoms with van der Waals surface area (Å²) in [6.45, 7) is 0.0542. The topological polar surface area (TPSA) is 123 Å². The molecule has 2 amide bonds. The molecule has 0 spiro atoms. The minimum absolute atomic E-state index is 0.0472. The van der Waals surface area contributed by atoms with E-state index in [4.69, 9.17) is 4.74 Å². The van der Waals surface area contributed by atoms with Crippen LogP contribution in [0.15, 0.2) is 78.9 Å². The van der Waals surface area contributed by atoms with Gasteiger partial charge in [0.1, 0.15) is 11.4 Å². The number of hydrogen-bond donors (Lipinski definition) is 3. The fourth-order valence-electron chi connectivity index (χ4n) is 2.85. The first-order valence-corrected chi connectivity index (χ1v) is 9.86. The van der Waals surface area contributed by atoms with Crippen LogP contribution < -0.4 is 20.7 Å². The maximum absolute atomic E-state index is 12.2. The van der Waals surface area contributed by atoms with E-state index in [9.17, 15) is 19.7 Å². The van der Waals surface area contributed by atoms with Gasteiger partial charge >= 0.3 is 0 Å². The lowest BCUT2D eigenvalue weighted by molar-refractivity contribution is -0.384. The maximum atomic E-state index is 12.2. The van der Waals surface area contributed by atoms with Gasteiger partial charge < -0.3 is 20.7 Å². The van der Waals surface area contributed by atoms with E-state index in [1.165, 1.54) is 6.07 Å². The van der Waals surface area contributed by atoms with Gasteiger partial charge in [-0.15, -0.1) is 0 Å². The minimum atomic E-state index is -0.478. The van der Waals surface area contributed by atoms with E-state index in [0.29, 0.717) is 22.8 Å². The second-order valence-electron chi connectivity index (χ2n) is 6.73. The molecule has 32 heavy (non-hydrogen) atoms. The summed E-state index contributed by atoms with van der Waals surface area (Å²) in [5.74, 6) is -0.133. The van der Waals surface area contributed by atoms with Gasteiger partial charge in [-0.1, -0.05) is 36.4 Å². The van der Waals surface area contributed by atoms with Gasteiger partial charge in [0.05, 0.1) is 4.92 Å². The number of anilines is 3. The molecule has 0 heterocycles. The van der Waals surface area contributed by atoms with Gasteiger partial charge in [-0.05, 0) is 30.3 Å². The zero-order chi connectivity index (χ0) is 22.8. The van der Waals surface area contributed by atoms with Gasteiger partial charge in [-0.2, -0.15) is 0 Å². The summed E-state index contributed by atoms with van der Waals surface area (Å²) in [4.78, 5) is 34.8. The zero-order valence-corrected chi connectivity index (χ0v) is 17.1. The Bertz CT molecular complexity index is 1090. The zero-order valence-electron chi connectivity index (χ0n) is 17.1. The van der Waals surface area contributed by atoms with E-state index < -0.39 is 4.92 Å². The molecule has 9 heteroatoms. The standard InChI is InChI=1S/C23H22N4O5/c28-22(13-14-24-20-11-4-5-12-21(20)27(30)31)26-18-9-6-10-19(15-18)32-16-23(29)25-17-7-2-1-3-8-17/h1-12,15,24H,13-14,16H2,(H,25,29)(H,26,28). The maximum Gasteiger partial charge on any atom is 0.292 e. The van der Waals surface area contributed by atoms with Crippen molar-refractivity contribution in [3.63, 3.8) is 0 Å². The second-order valence-corrected chi connectivity index (χ2v) is 6.73. The highest BCUT2D eigenvalue weighted by Crippen LogP contribution is 2.23. The molecule has 0 bridgehead atoms. The van der Waals surface area contributed by atoms with Crippen LogP contribution in [-0.4, -0.2) is 29.9 Å². The van der Waals surface area contributed by atoms with Gasteiger partial charge in [0.2, 0.25) is 5.91 Å². The van der Waals surface area contributed by atoms with Crippen molar-refractivity contribution in [2.45, 2.75) is 6.42 Å². The Kier molecular flexibility index (Phi) is 7.74. The summed E-state index contributed by atoms with van der Waals surface area (Å²) < 4.78 is 5.50. The van der Waals surface area contributed by atoms with E-state index in [-0.39, 0.29) is 37.1 Å². The number of nitrogens with one attached hydrogen (secondary N) is 3. The molecule has 0 saturated heterocycles. The SMILES string of the molecule is O=C(CCNc1ccccc1[N+](=O)[O-])Nc1cccc(OCC(=O)Nc2ccccc2)c1. The molecule has 0 saturated carbocycles. The molecule has 0 aliphatic rings. The predicted octanol–water partition coefficient (Wildman–Crippen LogP) is 4.05. The van der Waals surface area contributed by atoms with Crippen molar-refractivity contribution in [2.75, 3.05) is 29.1 Å². The molecule has 3 aromatic carbocycles. The molecular formula is C23H22N4O5. The fraction of sp³-hybridized carbons (Fsp3) is 0.130. The number of rotatable bonds is 10. The molecule has 0 aromatic heterocycles. The predicted molar refractivity (Wildman–Crippen MR) is 122 cm³/mol. The van der Waals surface area contributed by atoms with Crippen LogP contribution in [0.4, 0.5) is 22.7 Å². The van der Waals surface area contributed by atoms with E-state index >= 15 is 0 Å². The van der Waals surface area contributed by atoms with E-state index in [0.717, 1.165) is 0 Å². The van der Waals surface area contributed by atoms with E-state index in [1.807, 2.05) is 18.2 Å². The van der Waals surface area contributed by atoms with Gasteiger partial charge in [0, 0.05) is 36.5 Å². The Morgan fingerprint density at radius 2 is 1.53 bits per heavy atom. The Morgan fingerprint density at radius 1 is 0.844 bits per heavy atom. The van der Waals surface area contributed by atoms with Crippen molar-refractivity contribution in [3.8, 4) is 5.75 Å².